The number of nitrogen functional groups attached to an aromatic ring is 1. The average Bonchev–Trinajstić information content (AvgIpc) is 2.62. The van der Waals surface area contributed by atoms with E-state index in [9.17, 15) is 8.42 Å². The number of benzene rings is 1. The number of nitrogens with two attached hydrogens (primary N) is 1. The zero-order chi connectivity index (χ0) is 14.2. The molecule has 2 aromatic rings. The molecule has 0 aliphatic carbocycles. The lowest BCUT2D eigenvalue weighted by atomic mass is 10.0. The Morgan fingerprint density at radius 1 is 1.26 bits per heavy atom. The van der Waals surface area contributed by atoms with Crippen LogP contribution in [0.25, 0.3) is 11.1 Å². The number of rotatable bonds is 3. The van der Waals surface area contributed by atoms with Crippen LogP contribution in [0, 0.1) is 13.8 Å². The second kappa shape index (κ2) is 4.70. The number of sulfone groups is 1. The van der Waals surface area contributed by atoms with E-state index in [0.717, 1.165) is 22.9 Å². The van der Waals surface area contributed by atoms with Crippen molar-refractivity contribution in [2.75, 3.05) is 12.0 Å². The van der Waals surface area contributed by atoms with Crippen molar-refractivity contribution in [1.29, 1.82) is 0 Å². The molecule has 0 amide bonds. The van der Waals surface area contributed by atoms with Crippen molar-refractivity contribution in [1.82, 2.24) is 5.16 Å². The number of hydrogen-bond acceptors (Lipinski definition) is 5. The summed E-state index contributed by atoms with van der Waals surface area (Å²) in [5.41, 5.74) is 9.75. The summed E-state index contributed by atoms with van der Waals surface area (Å²) >= 11 is 0. The molecule has 5 nitrogen and oxygen atoms in total. The highest BCUT2D eigenvalue weighted by Gasteiger charge is 2.19. The van der Waals surface area contributed by atoms with E-state index in [4.69, 9.17) is 10.3 Å². The first-order valence-corrected chi connectivity index (χ1v) is 7.83. The molecule has 0 aliphatic rings. The summed E-state index contributed by atoms with van der Waals surface area (Å²) in [5.74, 6) is -0.0439. The molecule has 0 atom stereocenters. The molecule has 6 heteroatoms. The molecule has 1 heterocycles. The van der Waals surface area contributed by atoms with E-state index in [2.05, 4.69) is 5.16 Å². The Morgan fingerprint density at radius 2 is 1.95 bits per heavy atom. The lowest BCUT2D eigenvalue weighted by molar-refractivity contribution is 0.430. The largest absolute Gasteiger partial charge is 0.367 e. The van der Waals surface area contributed by atoms with Gasteiger partial charge < -0.3 is 10.3 Å². The number of hydrogen-bond donors (Lipinski definition) is 1. The van der Waals surface area contributed by atoms with Gasteiger partial charge in [-0.05, 0) is 30.5 Å². The average molecular weight is 280 g/mol. The molecular weight excluding hydrogens is 264 g/mol. The van der Waals surface area contributed by atoms with Gasteiger partial charge in [0, 0.05) is 6.26 Å². The summed E-state index contributed by atoms with van der Waals surface area (Å²) < 4.78 is 27.7. The van der Waals surface area contributed by atoms with Crippen LogP contribution in [0.1, 0.15) is 16.8 Å². The molecule has 102 valence electrons. The summed E-state index contributed by atoms with van der Waals surface area (Å²) in [6.07, 6.45) is 1.15. The van der Waals surface area contributed by atoms with Gasteiger partial charge in [0.25, 0.3) is 0 Å². The fraction of sp³-hybridized carbons (Fsp3) is 0.308. The molecule has 2 rings (SSSR count). The highest BCUT2D eigenvalue weighted by molar-refractivity contribution is 7.89. The monoisotopic (exact) mass is 280 g/mol. The van der Waals surface area contributed by atoms with E-state index in [0.29, 0.717) is 11.3 Å². The Bertz CT molecular complexity index is 717. The maximum atomic E-state index is 11.4. The van der Waals surface area contributed by atoms with E-state index in [1.54, 1.807) is 0 Å². The Hall–Kier alpha value is -1.82. The van der Waals surface area contributed by atoms with Gasteiger partial charge in [-0.1, -0.05) is 23.4 Å². The topological polar surface area (TPSA) is 86.2 Å². The Morgan fingerprint density at radius 3 is 2.53 bits per heavy atom. The molecule has 0 aliphatic heterocycles. The van der Waals surface area contributed by atoms with Crippen LogP contribution in [0.2, 0.25) is 0 Å². The summed E-state index contributed by atoms with van der Waals surface area (Å²) in [7, 11) is -3.19. The van der Waals surface area contributed by atoms with Gasteiger partial charge in [0.2, 0.25) is 5.88 Å². The molecule has 1 aromatic heterocycles. The van der Waals surface area contributed by atoms with Crippen molar-refractivity contribution in [3.63, 3.8) is 0 Å². The van der Waals surface area contributed by atoms with E-state index >= 15 is 0 Å². The van der Waals surface area contributed by atoms with Crippen LogP contribution in [0.5, 0.6) is 0 Å². The second-order valence-electron chi connectivity index (χ2n) is 4.74. The van der Waals surface area contributed by atoms with E-state index in [-0.39, 0.29) is 11.6 Å². The molecule has 0 saturated carbocycles. The van der Waals surface area contributed by atoms with Crippen LogP contribution >= 0.6 is 0 Å². The third-order valence-corrected chi connectivity index (χ3v) is 3.78. The summed E-state index contributed by atoms with van der Waals surface area (Å²) in [4.78, 5) is 0. The number of anilines is 1. The minimum Gasteiger partial charge on any atom is -0.367 e. The summed E-state index contributed by atoms with van der Waals surface area (Å²) in [5, 5.41) is 3.75. The molecule has 0 fully saturated rings. The highest BCUT2D eigenvalue weighted by atomic mass is 32.2. The standard InChI is InChI=1S/C13H16N2O3S/c1-8-4-5-10(6-9(8)2)12-11(7-19(3,16)17)15-18-13(12)14/h4-6H,7,14H2,1-3H3. The first-order valence-electron chi connectivity index (χ1n) is 5.77. The minimum absolute atomic E-state index is 0.141. The van der Waals surface area contributed by atoms with Gasteiger partial charge in [-0.2, -0.15) is 0 Å². The Balaban J connectivity index is 2.55. The highest BCUT2D eigenvalue weighted by Crippen LogP contribution is 2.31. The minimum atomic E-state index is -3.19. The quantitative estimate of drug-likeness (QED) is 0.930. The zero-order valence-corrected chi connectivity index (χ0v) is 11.9. The van der Waals surface area contributed by atoms with Crippen LogP contribution in [0.4, 0.5) is 5.88 Å². The number of nitrogens with zero attached hydrogens (tertiary/aromatic N) is 1. The Labute approximate surface area is 112 Å². The van der Waals surface area contributed by atoms with Gasteiger partial charge in [0.15, 0.2) is 9.84 Å². The lowest BCUT2D eigenvalue weighted by Gasteiger charge is -2.05. The molecule has 2 N–H and O–H groups in total. The van der Waals surface area contributed by atoms with Gasteiger partial charge in [-0.25, -0.2) is 8.42 Å². The molecular formula is C13H16N2O3S. The van der Waals surface area contributed by atoms with Gasteiger partial charge >= 0.3 is 0 Å². The fourth-order valence-electron chi connectivity index (χ4n) is 1.89. The maximum absolute atomic E-state index is 11.4. The van der Waals surface area contributed by atoms with Gasteiger partial charge in [0.1, 0.15) is 5.69 Å². The molecule has 0 bridgehead atoms. The molecule has 0 radical (unpaired) electrons. The third-order valence-electron chi connectivity index (χ3n) is 2.98. The molecule has 0 spiro atoms. The lowest BCUT2D eigenvalue weighted by Crippen LogP contribution is -2.02. The van der Waals surface area contributed by atoms with Crippen LogP contribution in [-0.4, -0.2) is 19.8 Å². The first kappa shape index (κ1) is 13.6. The van der Waals surface area contributed by atoms with E-state index in [1.165, 1.54) is 0 Å². The van der Waals surface area contributed by atoms with Crippen molar-refractivity contribution in [3.05, 3.63) is 35.0 Å². The number of aromatic nitrogens is 1. The zero-order valence-electron chi connectivity index (χ0n) is 11.1. The van der Waals surface area contributed by atoms with E-state index < -0.39 is 9.84 Å². The van der Waals surface area contributed by atoms with Crippen molar-refractivity contribution in [2.24, 2.45) is 0 Å². The SMILES string of the molecule is Cc1ccc(-c2c(CS(C)(=O)=O)noc2N)cc1C. The molecule has 19 heavy (non-hydrogen) atoms. The van der Waals surface area contributed by atoms with Gasteiger partial charge in [0.05, 0.1) is 11.3 Å². The smallest absolute Gasteiger partial charge is 0.230 e. The fourth-order valence-corrected chi connectivity index (χ4v) is 2.58. The van der Waals surface area contributed by atoms with Crippen LogP contribution in [-0.2, 0) is 15.6 Å². The predicted molar refractivity (Wildman–Crippen MR) is 74.4 cm³/mol. The van der Waals surface area contributed by atoms with Crippen LogP contribution in [0.15, 0.2) is 22.7 Å². The first-order chi connectivity index (χ1) is 8.78. The van der Waals surface area contributed by atoms with Gasteiger partial charge in [-0.3, -0.25) is 0 Å². The molecule has 1 aromatic carbocycles. The van der Waals surface area contributed by atoms with Crippen LogP contribution in [0.3, 0.4) is 0 Å². The van der Waals surface area contributed by atoms with Gasteiger partial charge in [-0.15, -0.1) is 0 Å². The third kappa shape index (κ3) is 2.96. The summed E-state index contributed by atoms with van der Waals surface area (Å²) in [6.45, 7) is 3.99. The summed E-state index contributed by atoms with van der Waals surface area (Å²) in [6, 6.07) is 5.79. The van der Waals surface area contributed by atoms with Crippen molar-refractivity contribution in [2.45, 2.75) is 19.6 Å². The molecule has 0 unspecified atom stereocenters. The Kier molecular flexibility index (Phi) is 3.36. The predicted octanol–water partition coefficient (Wildman–Crippen LogP) is 2.09. The van der Waals surface area contributed by atoms with Crippen molar-refractivity contribution in [3.8, 4) is 11.1 Å². The van der Waals surface area contributed by atoms with E-state index in [1.807, 2.05) is 32.0 Å². The second-order valence-corrected chi connectivity index (χ2v) is 6.88. The normalized spacial score (nSPS) is 11.7. The number of aryl methyl sites for hydroxylation is 2. The van der Waals surface area contributed by atoms with Crippen molar-refractivity contribution < 1.29 is 12.9 Å². The maximum Gasteiger partial charge on any atom is 0.230 e. The van der Waals surface area contributed by atoms with Crippen molar-refractivity contribution >= 4 is 15.7 Å². The molecule has 0 saturated heterocycles. The van der Waals surface area contributed by atoms with Crippen LogP contribution < -0.4 is 5.73 Å².